The monoisotopic (exact) mass is 1100 g/mol. The van der Waals surface area contributed by atoms with Crippen molar-refractivity contribution >= 4 is 69.4 Å². The van der Waals surface area contributed by atoms with Gasteiger partial charge in [0.15, 0.2) is 11.6 Å². The number of benzene rings is 4. The summed E-state index contributed by atoms with van der Waals surface area (Å²) in [4.78, 5) is 75.3. The fourth-order valence-electron chi connectivity index (χ4n) is 12.4. The van der Waals surface area contributed by atoms with E-state index in [-0.39, 0.29) is 23.0 Å². The second kappa shape index (κ2) is 23.2. The lowest BCUT2D eigenvalue weighted by molar-refractivity contribution is -0.137. The molecule has 0 saturated carbocycles. The number of nitrogens with one attached hydrogen (secondary N) is 2. The first-order valence-electron chi connectivity index (χ1n) is 28.7. The first-order chi connectivity index (χ1) is 39.1. The van der Waals surface area contributed by atoms with Crippen molar-refractivity contribution in [2.24, 2.45) is 23.0 Å². The number of fused-ring (bicyclic) bond motifs is 3. The van der Waals surface area contributed by atoms with Gasteiger partial charge in [0.2, 0.25) is 11.9 Å². The predicted molar refractivity (Wildman–Crippen MR) is 316 cm³/mol. The number of piperazine rings is 1. The molecule has 19 heteroatoms. The maximum atomic E-state index is 13.9. The van der Waals surface area contributed by atoms with Gasteiger partial charge < -0.3 is 50.3 Å². The Hall–Kier alpha value is -8.03. The molecule has 4 N–H and O–H groups in total. The summed E-state index contributed by atoms with van der Waals surface area (Å²) in [6.45, 7) is 18.3. The molecule has 4 aliphatic heterocycles. The molecule has 0 bridgehead atoms. The van der Waals surface area contributed by atoms with Crippen LogP contribution in [0.25, 0.3) is 5.69 Å². The first-order valence-corrected chi connectivity index (χ1v) is 28.7. The summed E-state index contributed by atoms with van der Waals surface area (Å²) in [6.07, 6.45) is 6.59. The molecule has 1 aliphatic carbocycles. The molecule has 3 saturated heterocycles. The Bertz CT molecular complexity index is 3320. The molecule has 0 radical (unpaired) electrons. The van der Waals surface area contributed by atoms with Crippen molar-refractivity contribution in [2.45, 2.75) is 66.2 Å². The van der Waals surface area contributed by atoms with E-state index in [1.807, 2.05) is 97.2 Å². The van der Waals surface area contributed by atoms with Crippen LogP contribution in [0.5, 0.6) is 11.5 Å². The number of primary amides is 1. The number of likely N-dealkylation sites (tertiary alicyclic amines) is 1. The number of ketones is 1. The molecule has 19 nitrogen and oxygen atoms in total. The molecule has 6 aromatic rings. The van der Waals surface area contributed by atoms with Crippen molar-refractivity contribution in [1.29, 1.82) is 0 Å². The second-order valence-corrected chi connectivity index (χ2v) is 23.1. The molecule has 4 aromatic carbocycles. The van der Waals surface area contributed by atoms with Crippen LogP contribution in [-0.4, -0.2) is 151 Å². The van der Waals surface area contributed by atoms with Gasteiger partial charge in [-0.15, -0.1) is 0 Å². The lowest BCUT2D eigenvalue weighted by atomic mass is 9.75. The van der Waals surface area contributed by atoms with Gasteiger partial charge in [0, 0.05) is 109 Å². The zero-order valence-electron chi connectivity index (χ0n) is 47.5. The van der Waals surface area contributed by atoms with Crippen LogP contribution in [0.15, 0.2) is 91.1 Å². The van der Waals surface area contributed by atoms with Crippen LogP contribution in [0.3, 0.4) is 0 Å². The van der Waals surface area contributed by atoms with Gasteiger partial charge in [0.1, 0.15) is 23.8 Å². The minimum atomic E-state index is -0.544. The van der Waals surface area contributed by atoms with E-state index in [0.717, 1.165) is 137 Å². The smallest absolute Gasteiger partial charge is 0.260 e. The van der Waals surface area contributed by atoms with Gasteiger partial charge in [-0.3, -0.25) is 24.1 Å². The molecule has 11 rings (SSSR count). The minimum Gasteiger partial charge on any atom is -0.492 e. The van der Waals surface area contributed by atoms with E-state index in [4.69, 9.17) is 25.3 Å². The van der Waals surface area contributed by atoms with Gasteiger partial charge in [0.05, 0.1) is 63.6 Å². The standard InChI is InChI=1S/C62H75N13O6/c1-7-80-55-35-44(15-19-49(55)66-61-64-38-53-58(67-61)69(5)51-11-9-8-10-48(51)60(79)70(53)6)73-26-22-42(23-27-73)59(78)74-24-20-41(21-25-74)39-72-30-28-71(29-31-72)32-33-81-46-16-12-43(13-17-46)65-50-34-45(14-18-47(50)57(63)77)75-52-36-62(3,4)37-54(76)56(52)40(2)68-75/h8-19,34-35,38,41-42,65H,7,20-33,36-37,39H2,1-6H3,(H2,63,77)(H,64,66,67). The predicted octanol–water partition coefficient (Wildman–Crippen LogP) is 8.62. The molecule has 424 valence electrons. The molecule has 0 unspecified atom stereocenters. The third kappa shape index (κ3) is 11.8. The number of hydrogen-bond donors (Lipinski definition) is 3. The number of carbonyl (C=O) groups is 4. The van der Waals surface area contributed by atoms with Crippen molar-refractivity contribution in [3.8, 4) is 17.2 Å². The average molecular weight is 1100 g/mol. The van der Waals surface area contributed by atoms with E-state index in [2.05, 4.69) is 61.2 Å². The van der Waals surface area contributed by atoms with E-state index in [1.54, 1.807) is 24.2 Å². The van der Waals surface area contributed by atoms with Crippen LogP contribution >= 0.6 is 0 Å². The number of Topliss-reactive ketones (excluding diaryl/α,β-unsaturated/α-hetero) is 1. The third-order valence-electron chi connectivity index (χ3n) is 16.9. The summed E-state index contributed by atoms with van der Waals surface area (Å²) in [7, 11) is 3.65. The Labute approximate surface area is 474 Å². The van der Waals surface area contributed by atoms with Crippen molar-refractivity contribution in [3.63, 3.8) is 0 Å². The fraction of sp³-hybridized carbons (Fsp3) is 0.435. The van der Waals surface area contributed by atoms with Crippen molar-refractivity contribution in [3.05, 3.63) is 119 Å². The number of nitrogens with zero attached hydrogens (tertiary/aromatic N) is 10. The highest BCUT2D eigenvalue weighted by atomic mass is 16.5. The van der Waals surface area contributed by atoms with Gasteiger partial charge in [-0.25, -0.2) is 9.67 Å². The average Bonchev–Trinajstić information content (AvgIpc) is 4.00. The van der Waals surface area contributed by atoms with E-state index < -0.39 is 5.91 Å². The second-order valence-electron chi connectivity index (χ2n) is 23.1. The number of aryl methyl sites for hydroxylation is 1. The van der Waals surface area contributed by atoms with Gasteiger partial charge in [0.25, 0.3) is 11.8 Å². The first kappa shape index (κ1) is 54.9. The number of carbonyl (C=O) groups excluding carboxylic acids is 4. The lowest BCUT2D eigenvalue weighted by Crippen LogP contribution is -2.50. The number of amides is 3. The molecule has 5 aliphatic rings. The number of rotatable bonds is 16. The SMILES string of the molecule is CCOc1cc(N2CCC(C(=O)N3CCC(CN4CCN(CCOc5ccc(Nc6cc(-n7nc(C)c8c7CC(C)(C)CC8=O)ccc6C(N)=O)cc5)CC4)CC3)CC2)ccc1Nc1ncc2c(n1)N(C)c1ccccc1C(=O)N2C. The Kier molecular flexibility index (Phi) is 15.7. The number of para-hydroxylation sites is 1. The van der Waals surface area contributed by atoms with Gasteiger partial charge in [-0.05, 0) is 124 Å². The normalized spacial score (nSPS) is 18.0. The topological polar surface area (TPSA) is 200 Å². The van der Waals surface area contributed by atoms with E-state index in [9.17, 15) is 19.2 Å². The summed E-state index contributed by atoms with van der Waals surface area (Å²) in [6, 6.07) is 26.8. The van der Waals surface area contributed by atoms with Crippen molar-refractivity contribution in [1.82, 2.24) is 34.4 Å². The van der Waals surface area contributed by atoms with Gasteiger partial charge in [-0.1, -0.05) is 26.0 Å². The maximum absolute atomic E-state index is 13.9. The van der Waals surface area contributed by atoms with E-state index in [1.165, 1.54) is 0 Å². The summed E-state index contributed by atoms with van der Waals surface area (Å²) < 4.78 is 14.2. The highest BCUT2D eigenvalue weighted by Gasteiger charge is 2.37. The van der Waals surface area contributed by atoms with E-state index in [0.29, 0.717) is 82.7 Å². The van der Waals surface area contributed by atoms with Crippen LogP contribution < -0.4 is 40.5 Å². The molecule has 3 fully saturated rings. The largest absolute Gasteiger partial charge is 0.492 e. The molecule has 81 heavy (non-hydrogen) atoms. The van der Waals surface area contributed by atoms with Crippen LogP contribution in [0.1, 0.15) is 95.3 Å². The number of ether oxygens (including phenoxy) is 2. The summed E-state index contributed by atoms with van der Waals surface area (Å²) in [5, 5.41) is 11.5. The van der Waals surface area contributed by atoms with Crippen molar-refractivity contribution < 1.29 is 28.7 Å². The zero-order valence-corrected chi connectivity index (χ0v) is 47.5. The maximum Gasteiger partial charge on any atom is 0.260 e. The molecule has 2 aromatic heterocycles. The Balaban J connectivity index is 0.600. The van der Waals surface area contributed by atoms with Crippen LogP contribution in [-0.2, 0) is 11.2 Å². The highest BCUT2D eigenvalue weighted by molar-refractivity contribution is 6.13. The summed E-state index contributed by atoms with van der Waals surface area (Å²) in [5.41, 5.74) is 14.1. The quantitative estimate of drug-likeness (QED) is 0.0832. The van der Waals surface area contributed by atoms with Gasteiger partial charge >= 0.3 is 0 Å². The Morgan fingerprint density at radius 3 is 2.23 bits per heavy atom. The minimum absolute atomic E-state index is 0.0307. The highest BCUT2D eigenvalue weighted by Crippen LogP contribution is 2.41. The third-order valence-corrected chi connectivity index (χ3v) is 16.9. The fourth-order valence-corrected chi connectivity index (χ4v) is 12.4. The van der Waals surface area contributed by atoms with Crippen LogP contribution in [0.4, 0.5) is 45.9 Å². The Morgan fingerprint density at radius 2 is 1.49 bits per heavy atom. The number of anilines is 8. The van der Waals surface area contributed by atoms with Crippen LogP contribution in [0, 0.1) is 24.2 Å². The van der Waals surface area contributed by atoms with E-state index >= 15 is 0 Å². The van der Waals surface area contributed by atoms with Crippen molar-refractivity contribution in [2.75, 3.05) is 118 Å². The number of nitrogens with two attached hydrogens (primary N) is 1. The number of aromatic nitrogens is 4. The summed E-state index contributed by atoms with van der Waals surface area (Å²) >= 11 is 0. The summed E-state index contributed by atoms with van der Waals surface area (Å²) in [5.74, 6) is 2.84. The van der Waals surface area contributed by atoms with Crippen LogP contribution in [0.2, 0.25) is 0 Å². The molecule has 0 spiro atoms. The lowest BCUT2D eigenvalue weighted by Gasteiger charge is -2.40. The molecule has 0 atom stereocenters. The molecule has 6 heterocycles. The van der Waals surface area contributed by atoms with Gasteiger partial charge in [-0.2, -0.15) is 10.1 Å². The molecular formula is C62H75N13O6. The number of piperidine rings is 2. The Morgan fingerprint density at radius 1 is 0.765 bits per heavy atom. The number of hydrogen-bond acceptors (Lipinski definition) is 15. The molecule has 3 amide bonds. The zero-order chi connectivity index (χ0) is 56.5. The molecular weight excluding hydrogens is 1020 g/mol.